The molecule has 2 nitrogen and oxygen atoms in total. The van der Waals surface area contributed by atoms with E-state index in [1.807, 2.05) is 0 Å². The third-order valence-electron chi connectivity index (χ3n) is 2.64. The van der Waals surface area contributed by atoms with E-state index in [-0.39, 0.29) is 12.1 Å². The highest BCUT2D eigenvalue weighted by atomic mass is 19.4. The van der Waals surface area contributed by atoms with Crippen molar-refractivity contribution in [3.63, 3.8) is 0 Å². The number of alkyl halides is 4. The molecule has 2 aliphatic carbocycles. The molecule has 0 bridgehead atoms. The Balaban J connectivity index is 2.03. The van der Waals surface area contributed by atoms with Gasteiger partial charge in [-0.15, -0.1) is 0 Å². The molecule has 0 heterocycles. The Kier molecular flexibility index (Phi) is 2.39. The van der Waals surface area contributed by atoms with Gasteiger partial charge in [-0.1, -0.05) is 0 Å². The van der Waals surface area contributed by atoms with E-state index in [2.05, 4.69) is 0 Å². The average Bonchev–Trinajstić information content (AvgIpc) is 2.95. The number of rotatable bonds is 3. The van der Waals surface area contributed by atoms with Gasteiger partial charge in [0.1, 0.15) is 0 Å². The molecule has 0 aromatic rings. The van der Waals surface area contributed by atoms with Crippen LogP contribution in [0.3, 0.4) is 0 Å². The molecule has 0 saturated heterocycles. The van der Waals surface area contributed by atoms with Gasteiger partial charge in [0.2, 0.25) is 0 Å². The number of hydrogen-bond acceptors (Lipinski definition) is 1. The normalized spacial score (nSPS) is 23.7. The van der Waals surface area contributed by atoms with Crippen LogP contribution in [-0.4, -0.2) is 35.2 Å². The zero-order valence-corrected chi connectivity index (χ0v) is 7.93. The van der Waals surface area contributed by atoms with Crippen molar-refractivity contribution in [3.8, 4) is 0 Å². The van der Waals surface area contributed by atoms with Gasteiger partial charge in [-0.05, 0) is 25.7 Å². The largest absolute Gasteiger partial charge is 0.428 e. The molecule has 2 aliphatic rings. The fourth-order valence-electron chi connectivity index (χ4n) is 1.63. The highest BCUT2D eigenvalue weighted by molar-refractivity contribution is 5.82. The van der Waals surface area contributed by atoms with Gasteiger partial charge in [0.15, 0.2) is 0 Å². The van der Waals surface area contributed by atoms with Crippen LogP contribution in [0.5, 0.6) is 0 Å². The Bertz CT molecular complexity index is 258. The smallest absolute Gasteiger partial charge is 0.334 e. The molecule has 15 heavy (non-hydrogen) atoms. The van der Waals surface area contributed by atoms with Gasteiger partial charge in [-0.3, -0.25) is 4.79 Å². The SMILES string of the molecule is O=C(C(F)C(F)(F)F)N(C1CC1)C1CC1. The summed E-state index contributed by atoms with van der Waals surface area (Å²) in [6.45, 7) is 0. The molecule has 86 valence electrons. The fraction of sp³-hybridized carbons (Fsp3) is 0.889. The van der Waals surface area contributed by atoms with Crippen LogP contribution >= 0.6 is 0 Å². The van der Waals surface area contributed by atoms with Gasteiger partial charge in [0.05, 0.1) is 0 Å². The van der Waals surface area contributed by atoms with E-state index in [1.165, 1.54) is 0 Å². The second-order valence-corrected chi connectivity index (χ2v) is 4.11. The maximum absolute atomic E-state index is 12.8. The minimum atomic E-state index is -5.07. The van der Waals surface area contributed by atoms with Crippen molar-refractivity contribution in [1.29, 1.82) is 0 Å². The summed E-state index contributed by atoms with van der Waals surface area (Å²) in [6, 6.07) is -0.295. The lowest BCUT2D eigenvalue weighted by atomic mass is 10.3. The summed E-state index contributed by atoms with van der Waals surface area (Å²) in [7, 11) is 0. The van der Waals surface area contributed by atoms with E-state index in [4.69, 9.17) is 0 Å². The molecule has 1 atom stereocenters. The minimum absolute atomic E-state index is 0.148. The van der Waals surface area contributed by atoms with Gasteiger partial charge in [0, 0.05) is 12.1 Å². The average molecular weight is 225 g/mol. The van der Waals surface area contributed by atoms with E-state index in [1.54, 1.807) is 0 Å². The number of hydrogen-bond donors (Lipinski definition) is 0. The molecule has 0 N–H and O–H groups in total. The van der Waals surface area contributed by atoms with Gasteiger partial charge in [-0.2, -0.15) is 13.2 Å². The predicted octanol–water partition coefficient (Wildman–Crippen LogP) is 2.04. The van der Waals surface area contributed by atoms with E-state index in [9.17, 15) is 22.4 Å². The number of carbonyl (C=O) groups excluding carboxylic acids is 1. The first-order valence-corrected chi connectivity index (χ1v) is 4.94. The summed E-state index contributed by atoms with van der Waals surface area (Å²) in [5, 5.41) is 0. The van der Waals surface area contributed by atoms with E-state index < -0.39 is 18.3 Å². The lowest BCUT2D eigenvalue weighted by Crippen LogP contribution is -2.46. The second kappa shape index (κ2) is 3.35. The number of amides is 1. The lowest BCUT2D eigenvalue weighted by Gasteiger charge is -2.24. The summed E-state index contributed by atoms with van der Waals surface area (Å²) in [6.07, 6.45) is -5.61. The zero-order valence-electron chi connectivity index (χ0n) is 7.93. The van der Waals surface area contributed by atoms with Crippen molar-refractivity contribution < 1.29 is 22.4 Å². The Hall–Kier alpha value is -0.810. The van der Waals surface area contributed by atoms with Gasteiger partial charge in [0.25, 0.3) is 12.1 Å². The van der Waals surface area contributed by atoms with Crippen LogP contribution in [0.1, 0.15) is 25.7 Å². The summed E-state index contributed by atoms with van der Waals surface area (Å²) < 4.78 is 48.8. The Morgan fingerprint density at radius 2 is 1.53 bits per heavy atom. The quantitative estimate of drug-likeness (QED) is 0.673. The molecular formula is C9H11F4NO. The van der Waals surface area contributed by atoms with Crippen LogP contribution in [0, 0.1) is 0 Å². The molecule has 0 radical (unpaired) electrons. The van der Waals surface area contributed by atoms with Crippen molar-refractivity contribution in [2.24, 2.45) is 0 Å². The van der Waals surface area contributed by atoms with Crippen molar-refractivity contribution in [1.82, 2.24) is 4.90 Å². The third kappa shape index (κ3) is 2.23. The van der Waals surface area contributed by atoms with Crippen LogP contribution in [0.4, 0.5) is 17.6 Å². The maximum Gasteiger partial charge on any atom is 0.428 e. The van der Waals surface area contributed by atoms with Crippen molar-refractivity contribution in [3.05, 3.63) is 0 Å². The molecule has 6 heteroatoms. The molecule has 2 saturated carbocycles. The van der Waals surface area contributed by atoms with E-state index >= 15 is 0 Å². The van der Waals surface area contributed by atoms with Gasteiger partial charge >= 0.3 is 6.18 Å². The molecule has 0 aromatic heterocycles. The highest BCUT2D eigenvalue weighted by Crippen LogP contribution is 2.39. The van der Waals surface area contributed by atoms with E-state index in [0.717, 1.165) is 4.90 Å². The number of nitrogens with zero attached hydrogens (tertiary/aromatic N) is 1. The summed E-state index contributed by atoms with van der Waals surface area (Å²) in [4.78, 5) is 12.4. The van der Waals surface area contributed by atoms with Crippen molar-refractivity contribution in [2.45, 2.75) is 50.1 Å². The van der Waals surface area contributed by atoms with E-state index in [0.29, 0.717) is 25.7 Å². The first-order valence-electron chi connectivity index (χ1n) is 4.94. The monoisotopic (exact) mass is 225 g/mol. The Morgan fingerprint density at radius 1 is 1.13 bits per heavy atom. The van der Waals surface area contributed by atoms with Crippen molar-refractivity contribution in [2.75, 3.05) is 0 Å². The van der Waals surface area contributed by atoms with Crippen LogP contribution in [0.25, 0.3) is 0 Å². The van der Waals surface area contributed by atoms with Gasteiger partial charge < -0.3 is 4.90 Å². The number of carbonyl (C=O) groups is 1. The molecule has 0 aromatic carbocycles. The van der Waals surface area contributed by atoms with Crippen LogP contribution in [-0.2, 0) is 4.79 Å². The third-order valence-corrected chi connectivity index (χ3v) is 2.64. The zero-order chi connectivity index (χ0) is 11.2. The predicted molar refractivity (Wildman–Crippen MR) is 43.8 cm³/mol. The molecule has 1 unspecified atom stereocenters. The standard InChI is InChI=1S/C9H11F4NO/c10-7(9(11,12)13)8(15)14(5-1-2-5)6-3-4-6/h5-7H,1-4H2. The topological polar surface area (TPSA) is 20.3 Å². The van der Waals surface area contributed by atoms with Crippen LogP contribution in [0.2, 0.25) is 0 Å². The molecule has 1 amide bonds. The molecule has 0 aliphatic heterocycles. The first-order chi connectivity index (χ1) is 6.91. The highest BCUT2D eigenvalue weighted by Gasteiger charge is 2.52. The maximum atomic E-state index is 12.8. The lowest BCUT2D eigenvalue weighted by molar-refractivity contribution is -0.193. The first kappa shape index (κ1) is 10.7. The second-order valence-electron chi connectivity index (χ2n) is 4.11. The molecule has 2 rings (SSSR count). The minimum Gasteiger partial charge on any atom is -0.334 e. The van der Waals surface area contributed by atoms with Crippen molar-refractivity contribution >= 4 is 5.91 Å². The van der Waals surface area contributed by atoms with Crippen LogP contribution in [0.15, 0.2) is 0 Å². The fourth-order valence-corrected chi connectivity index (χ4v) is 1.63. The summed E-state index contributed by atoms with van der Waals surface area (Å²) in [5.41, 5.74) is 0. The molecule has 2 fully saturated rings. The molecular weight excluding hydrogens is 214 g/mol. The molecule has 0 spiro atoms. The Morgan fingerprint density at radius 3 is 1.80 bits per heavy atom. The summed E-state index contributed by atoms with van der Waals surface area (Å²) >= 11 is 0. The Labute approximate surface area is 84.2 Å². The number of halogens is 4. The van der Waals surface area contributed by atoms with Crippen LogP contribution < -0.4 is 0 Å². The summed E-state index contributed by atoms with van der Waals surface area (Å²) in [5.74, 6) is -1.40. The van der Waals surface area contributed by atoms with Gasteiger partial charge in [-0.25, -0.2) is 4.39 Å².